The van der Waals surface area contributed by atoms with Crippen LogP contribution in [0.1, 0.15) is 0 Å². The summed E-state index contributed by atoms with van der Waals surface area (Å²) in [5.74, 6) is 1.82. The van der Waals surface area contributed by atoms with Gasteiger partial charge in [0.15, 0.2) is 17.5 Å². The van der Waals surface area contributed by atoms with Crippen molar-refractivity contribution in [2.75, 3.05) is 0 Å². The fourth-order valence-corrected chi connectivity index (χ4v) is 7.65. The SMILES string of the molecule is c1ccc2cc(-c3nc(-c4ccc(-n5c6ccccc6c6cc7ccccc7cc65)cc4)nc(-c4ccc5c(c4)oc4ccccc45)n3)ccc2c1. The van der Waals surface area contributed by atoms with E-state index in [9.17, 15) is 0 Å². The van der Waals surface area contributed by atoms with Crippen molar-refractivity contribution in [3.8, 4) is 39.9 Å². The molecule has 0 aliphatic rings. The van der Waals surface area contributed by atoms with E-state index < -0.39 is 0 Å². The van der Waals surface area contributed by atoms with Gasteiger partial charge in [0.1, 0.15) is 11.2 Å². The summed E-state index contributed by atoms with van der Waals surface area (Å²) in [7, 11) is 0. The van der Waals surface area contributed by atoms with E-state index >= 15 is 0 Å². The van der Waals surface area contributed by atoms with Crippen molar-refractivity contribution < 1.29 is 4.42 Å². The highest BCUT2D eigenvalue weighted by Crippen LogP contribution is 2.36. The van der Waals surface area contributed by atoms with Crippen LogP contribution < -0.4 is 0 Å². The monoisotopic (exact) mass is 664 g/mol. The van der Waals surface area contributed by atoms with Crippen LogP contribution >= 0.6 is 0 Å². The number of hydrogen-bond acceptors (Lipinski definition) is 4. The van der Waals surface area contributed by atoms with Gasteiger partial charge in [0.2, 0.25) is 0 Å². The van der Waals surface area contributed by atoms with E-state index in [2.05, 4.69) is 150 Å². The highest BCUT2D eigenvalue weighted by Gasteiger charge is 2.17. The number of rotatable bonds is 4. The quantitative estimate of drug-likeness (QED) is 0.188. The predicted molar refractivity (Wildman–Crippen MR) is 213 cm³/mol. The summed E-state index contributed by atoms with van der Waals surface area (Å²) in [6.45, 7) is 0. The molecular formula is C47H28N4O. The zero-order chi connectivity index (χ0) is 34.2. The van der Waals surface area contributed by atoms with Crippen LogP contribution in [0.15, 0.2) is 174 Å². The van der Waals surface area contributed by atoms with Gasteiger partial charge in [-0.05, 0) is 88.3 Å². The molecule has 0 spiro atoms. The minimum absolute atomic E-state index is 0.592. The molecular weight excluding hydrogens is 637 g/mol. The van der Waals surface area contributed by atoms with Crippen molar-refractivity contribution in [2.45, 2.75) is 0 Å². The number of para-hydroxylation sites is 2. The molecule has 5 nitrogen and oxygen atoms in total. The molecule has 0 N–H and O–H groups in total. The molecule has 11 aromatic rings. The predicted octanol–water partition coefficient (Wildman–Crippen LogP) is 12.2. The number of hydrogen-bond donors (Lipinski definition) is 0. The van der Waals surface area contributed by atoms with Crippen LogP contribution in [-0.2, 0) is 0 Å². The topological polar surface area (TPSA) is 56.7 Å². The Kier molecular flexibility index (Phi) is 6.18. The number of aromatic nitrogens is 4. The molecule has 5 heteroatoms. The van der Waals surface area contributed by atoms with Crippen LogP contribution in [0.5, 0.6) is 0 Å². The molecule has 242 valence electrons. The van der Waals surface area contributed by atoms with Gasteiger partial charge in [-0.2, -0.15) is 0 Å². The molecule has 0 atom stereocenters. The van der Waals surface area contributed by atoms with Crippen molar-refractivity contribution in [2.24, 2.45) is 0 Å². The minimum atomic E-state index is 0.592. The van der Waals surface area contributed by atoms with Gasteiger partial charge >= 0.3 is 0 Å². The first kappa shape index (κ1) is 28.7. The molecule has 0 saturated heterocycles. The van der Waals surface area contributed by atoms with Crippen LogP contribution in [0.4, 0.5) is 0 Å². The lowest BCUT2D eigenvalue weighted by Crippen LogP contribution is -2.00. The molecule has 52 heavy (non-hydrogen) atoms. The maximum atomic E-state index is 6.25. The average Bonchev–Trinajstić information content (AvgIpc) is 3.74. The average molecular weight is 665 g/mol. The molecule has 0 aliphatic carbocycles. The first-order valence-electron chi connectivity index (χ1n) is 17.4. The van der Waals surface area contributed by atoms with E-state index in [1.807, 2.05) is 24.3 Å². The number of fused-ring (bicyclic) bond motifs is 8. The normalized spacial score (nSPS) is 11.8. The summed E-state index contributed by atoms with van der Waals surface area (Å²) in [4.78, 5) is 15.2. The fourth-order valence-electron chi connectivity index (χ4n) is 7.65. The Morgan fingerprint density at radius 1 is 0.346 bits per heavy atom. The number of benzene rings is 8. The standard InChI is InChI=1S/C47H28N4O/c1-2-10-31-25-34(18-17-29(31)9-1)46-48-45(49-47(50-46)35-21-24-39-38-14-6-8-16-43(38)52-44(39)28-35)30-19-22-36(23-20-30)51-41-15-7-5-13-37(41)40-26-32-11-3-4-12-33(32)27-42(40)51/h1-28H. The first-order valence-corrected chi connectivity index (χ1v) is 17.4. The Balaban J connectivity index is 1.07. The third kappa shape index (κ3) is 4.53. The third-order valence-electron chi connectivity index (χ3n) is 10.2. The maximum absolute atomic E-state index is 6.25. The summed E-state index contributed by atoms with van der Waals surface area (Å²) >= 11 is 0. The summed E-state index contributed by atoms with van der Waals surface area (Å²) in [6.07, 6.45) is 0. The lowest BCUT2D eigenvalue weighted by Gasteiger charge is -2.11. The van der Waals surface area contributed by atoms with E-state index in [0.29, 0.717) is 17.5 Å². The summed E-state index contributed by atoms with van der Waals surface area (Å²) in [6, 6.07) is 59.4. The first-order chi connectivity index (χ1) is 25.7. The summed E-state index contributed by atoms with van der Waals surface area (Å²) in [5, 5.41) is 9.39. The van der Waals surface area contributed by atoms with E-state index in [-0.39, 0.29) is 0 Å². The van der Waals surface area contributed by atoms with E-state index in [1.165, 1.54) is 38.0 Å². The highest BCUT2D eigenvalue weighted by molar-refractivity contribution is 6.13. The molecule has 8 aromatic carbocycles. The molecule has 3 aromatic heterocycles. The smallest absolute Gasteiger partial charge is 0.164 e. The van der Waals surface area contributed by atoms with Crippen LogP contribution in [-0.4, -0.2) is 19.5 Å². The summed E-state index contributed by atoms with van der Waals surface area (Å²) < 4.78 is 8.60. The van der Waals surface area contributed by atoms with Crippen LogP contribution in [0.3, 0.4) is 0 Å². The second kappa shape index (κ2) is 11.2. The van der Waals surface area contributed by atoms with Gasteiger partial charge in [-0.25, -0.2) is 15.0 Å². The molecule has 0 fully saturated rings. The fraction of sp³-hybridized carbons (Fsp3) is 0. The Labute approximate surface area is 298 Å². The van der Waals surface area contributed by atoms with Gasteiger partial charge in [0.05, 0.1) is 11.0 Å². The molecule has 11 rings (SSSR count). The van der Waals surface area contributed by atoms with E-state index in [1.54, 1.807) is 0 Å². The lowest BCUT2D eigenvalue weighted by atomic mass is 10.1. The van der Waals surface area contributed by atoms with Crippen LogP contribution in [0.2, 0.25) is 0 Å². The molecule has 3 heterocycles. The Bertz CT molecular complexity index is 3190. The Morgan fingerprint density at radius 3 is 1.69 bits per heavy atom. The number of furan rings is 1. The van der Waals surface area contributed by atoms with E-state index in [0.717, 1.165) is 49.7 Å². The molecule has 0 aliphatic heterocycles. The molecule has 0 saturated carbocycles. The van der Waals surface area contributed by atoms with Gasteiger partial charge in [-0.1, -0.05) is 103 Å². The Hall–Kier alpha value is -7.11. The lowest BCUT2D eigenvalue weighted by molar-refractivity contribution is 0.669. The van der Waals surface area contributed by atoms with Crippen molar-refractivity contribution in [1.29, 1.82) is 0 Å². The second-order valence-electron chi connectivity index (χ2n) is 13.3. The van der Waals surface area contributed by atoms with Gasteiger partial charge < -0.3 is 8.98 Å². The largest absolute Gasteiger partial charge is 0.456 e. The minimum Gasteiger partial charge on any atom is -0.456 e. The van der Waals surface area contributed by atoms with Gasteiger partial charge in [-0.15, -0.1) is 0 Å². The Morgan fingerprint density at radius 2 is 0.904 bits per heavy atom. The molecule has 0 radical (unpaired) electrons. The van der Waals surface area contributed by atoms with Gasteiger partial charge in [-0.3, -0.25) is 0 Å². The zero-order valence-corrected chi connectivity index (χ0v) is 27.9. The van der Waals surface area contributed by atoms with Crippen molar-refractivity contribution in [3.63, 3.8) is 0 Å². The second-order valence-corrected chi connectivity index (χ2v) is 13.3. The molecule has 0 bridgehead atoms. The van der Waals surface area contributed by atoms with Crippen LogP contribution in [0, 0.1) is 0 Å². The summed E-state index contributed by atoms with van der Waals surface area (Å²) in [5.41, 5.74) is 7.79. The molecule has 0 amide bonds. The van der Waals surface area contributed by atoms with Crippen molar-refractivity contribution in [3.05, 3.63) is 170 Å². The van der Waals surface area contributed by atoms with Gasteiger partial charge in [0, 0.05) is 43.9 Å². The van der Waals surface area contributed by atoms with Crippen molar-refractivity contribution >= 4 is 65.3 Å². The third-order valence-corrected chi connectivity index (χ3v) is 10.2. The van der Waals surface area contributed by atoms with Crippen LogP contribution in [0.25, 0.3) is 105 Å². The number of nitrogens with zero attached hydrogens (tertiary/aromatic N) is 4. The van der Waals surface area contributed by atoms with Crippen molar-refractivity contribution in [1.82, 2.24) is 19.5 Å². The molecule has 0 unspecified atom stereocenters. The van der Waals surface area contributed by atoms with E-state index in [4.69, 9.17) is 19.4 Å². The highest BCUT2D eigenvalue weighted by atomic mass is 16.3. The maximum Gasteiger partial charge on any atom is 0.164 e. The zero-order valence-electron chi connectivity index (χ0n) is 27.9. The van der Waals surface area contributed by atoms with Gasteiger partial charge in [0.25, 0.3) is 0 Å².